The molecule has 0 saturated heterocycles. The number of hydrogen-bond acceptors (Lipinski definition) is 4. The van der Waals surface area contributed by atoms with Crippen molar-refractivity contribution < 1.29 is 4.52 Å². The Bertz CT molecular complexity index is 456. The standard InChI is InChI=1S/C13H20N4O/c1-10(5-8-17-7-4-6-15-17)14-9-13-11(2)16-18-12(13)3/h4,6-7,10,14H,5,8-9H2,1-3H3/t10-/m0/s1. The summed E-state index contributed by atoms with van der Waals surface area (Å²) < 4.78 is 7.09. The second-order valence-electron chi connectivity index (χ2n) is 4.64. The summed E-state index contributed by atoms with van der Waals surface area (Å²) in [5.41, 5.74) is 2.14. The van der Waals surface area contributed by atoms with E-state index in [4.69, 9.17) is 4.52 Å². The Morgan fingerprint density at radius 3 is 2.89 bits per heavy atom. The summed E-state index contributed by atoms with van der Waals surface area (Å²) >= 11 is 0. The van der Waals surface area contributed by atoms with Crippen molar-refractivity contribution in [1.29, 1.82) is 0 Å². The predicted molar refractivity (Wildman–Crippen MR) is 69.1 cm³/mol. The molecule has 0 amide bonds. The van der Waals surface area contributed by atoms with Crippen LogP contribution in [-0.4, -0.2) is 21.0 Å². The molecule has 0 radical (unpaired) electrons. The number of rotatable bonds is 6. The average Bonchev–Trinajstić information content (AvgIpc) is 2.96. The Labute approximate surface area is 107 Å². The third-order valence-corrected chi connectivity index (χ3v) is 3.16. The van der Waals surface area contributed by atoms with E-state index in [1.807, 2.05) is 37.0 Å². The van der Waals surface area contributed by atoms with Gasteiger partial charge in [0.05, 0.1) is 5.69 Å². The molecule has 0 unspecified atom stereocenters. The summed E-state index contributed by atoms with van der Waals surface area (Å²) in [6.45, 7) is 7.85. The van der Waals surface area contributed by atoms with Crippen LogP contribution in [0.2, 0.25) is 0 Å². The van der Waals surface area contributed by atoms with Gasteiger partial charge in [-0.2, -0.15) is 5.10 Å². The zero-order valence-electron chi connectivity index (χ0n) is 11.2. The molecule has 0 aliphatic heterocycles. The smallest absolute Gasteiger partial charge is 0.138 e. The molecule has 2 aromatic heterocycles. The molecule has 2 aromatic rings. The Kier molecular flexibility index (Phi) is 4.15. The maximum Gasteiger partial charge on any atom is 0.138 e. The molecule has 0 bridgehead atoms. The van der Waals surface area contributed by atoms with Crippen LogP contribution in [0.3, 0.4) is 0 Å². The molecule has 98 valence electrons. The van der Waals surface area contributed by atoms with Crippen LogP contribution in [0.1, 0.15) is 30.4 Å². The summed E-state index contributed by atoms with van der Waals surface area (Å²) in [7, 11) is 0. The van der Waals surface area contributed by atoms with Crippen LogP contribution in [-0.2, 0) is 13.1 Å². The zero-order valence-corrected chi connectivity index (χ0v) is 11.2. The Morgan fingerprint density at radius 2 is 2.28 bits per heavy atom. The van der Waals surface area contributed by atoms with Crippen LogP contribution in [0, 0.1) is 13.8 Å². The molecule has 0 aliphatic carbocycles. The SMILES string of the molecule is Cc1noc(C)c1CN[C@@H](C)CCn1cccn1. The van der Waals surface area contributed by atoms with Crippen molar-refractivity contribution in [3.05, 3.63) is 35.5 Å². The largest absolute Gasteiger partial charge is 0.361 e. The second-order valence-corrected chi connectivity index (χ2v) is 4.64. The van der Waals surface area contributed by atoms with Gasteiger partial charge in [0.15, 0.2) is 0 Å². The van der Waals surface area contributed by atoms with Gasteiger partial charge in [0, 0.05) is 37.1 Å². The van der Waals surface area contributed by atoms with E-state index in [1.165, 1.54) is 5.56 Å². The van der Waals surface area contributed by atoms with Crippen molar-refractivity contribution >= 4 is 0 Å². The minimum atomic E-state index is 0.433. The number of hydrogen-bond donors (Lipinski definition) is 1. The van der Waals surface area contributed by atoms with Gasteiger partial charge in [0.2, 0.25) is 0 Å². The van der Waals surface area contributed by atoms with Gasteiger partial charge in [0.1, 0.15) is 5.76 Å². The summed E-state index contributed by atoms with van der Waals surface area (Å²) in [4.78, 5) is 0. The van der Waals surface area contributed by atoms with Crippen LogP contribution in [0.5, 0.6) is 0 Å². The third kappa shape index (κ3) is 3.20. The van der Waals surface area contributed by atoms with Crippen LogP contribution >= 0.6 is 0 Å². The van der Waals surface area contributed by atoms with E-state index in [9.17, 15) is 0 Å². The van der Waals surface area contributed by atoms with Gasteiger partial charge in [-0.25, -0.2) is 0 Å². The van der Waals surface area contributed by atoms with E-state index in [2.05, 4.69) is 22.5 Å². The van der Waals surface area contributed by atoms with Gasteiger partial charge in [0.25, 0.3) is 0 Å². The number of aryl methyl sites for hydroxylation is 3. The van der Waals surface area contributed by atoms with Gasteiger partial charge in [-0.1, -0.05) is 5.16 Å². The normalized spacial score (nSPS) is 12.8. The summed E-state index contributed by atoms with van der Waals surface area (Å²) in [5.74, 6) is 0.902. The van der Waals surface area contributed by atoms with Crippen molar-refractivity contribution in [1.82, 2.24) is 20.3 Å². The van der Waals surface area contributed by atoms with Gasteiger partial charge >= 0.3 is 0 Å². The van der Waals surface area contributed by atoms with Crippen molar-refractivity contribution in [2.24, 2.45) is 0 Å². The van der Waals surface area contributed by atoms with Gasteiger partial charge in [-0.3, -0.25) is 4.68 Å². The molecule has 0 aliphatic rings. The van der Waals surface area contributed by atoms with Gasteiger partial charge in [-0.15, -0.1) is 0 Å². The molecule has 0 fully saturated rings. The minimum Gasteiger partial charge on any atom is -0.361 e. The maximum absolute atomic E-state index is 5.14. The quantitative estimate of drug-likeness (QED) is 0.850. The molecular weight excluding hydrogens is 228 g/mol. The summed E-state index contributed by atoms with van der Waals surface area (Å²) in [6, 6.07) is 2.38. The first-order valence-corrected chi connectivity index (χ1v) is 6.29. The molecule has 5 nitrogen and oxygen atoms in total. The average molecular weight is 248 g/mol. The minimum absolute atomic E-state index is 0.433. The number of nitrogens with one attached hydrogen (secondary N) is 1. The van der Waals surface area contributed by atoms with Crippen LogP contribution in [0.15, 0.2) is 23.0 Å². The summed E-state index contributed by atoms with van der Waals surface area (Å²) in [6.07, 6.45) is 4.84. The van der Waals surface area contributed by atoms with Crippen LogP contribution < -0.4 is 5.32 Å². The highest BCUT2D eigenvalue weighted by atomic mass is 16.5. The fourth-order valence-corrected chi connectivity index (χ4v) is 1.89. The van der Waals surface area contributed by atoms with Crippen LogP contribution in [0.25, 0.3) is 0 Å². The Balaban J connectivity index is 1.76. The monoisotopic (exact) mass is 248 g/mol. The molecule has 2 rings (SSSR count). The molecule has 18 heavy (non-hydrogen) atoms. The molecule has 0 spiro atoms. The molecule has 5 heteroatoms. The summed E-state index contributed by atoms with van der Waals surface area (Å²) in [5, 5.41) is 11.6. The molecule has 1 atom stereocenters. The van der Waals surface area contributed by atoms with E-state index in [1.54, 1.807) is 0 Å². The molecule has 2 heterocycles. The number of aromatic nitrogens is 3. The fourth-order valence-electron chi connectivity index (χ4n) is 1.89. The lowest BCUT2D eigenvalue weighted by Gasteiger charge is -2.13. The predicted octanol–water partition coefficient (Wildman–Crippen LogP) is 2.06. The maximum atomic E-state index is 5.14. The Morgan fingerprint density at radius 1 is 1.44 bits per heavy atom. The molecular formula is C13H20N4O. The first kappa shape index (κ1) is 12.8. The van der Waals surface area contributed by atoms with E-state index >= 15 is 0 Å². The van der Waals surface area contributed by atoms with Gasteiger partial charge < -0.3 is 9.84 Å². The highest BCUT2D eigenvalue weighted by Crippen LogP contribution is 2.12. The molecule has 0 aromatic carbocycles. The highest BCUT2D eigenvalue weighted by molar-refractivity contribution is 5.20. The second kappa shape index (κ2) is 5.82. The van der Waals surface area contributed by atoms with E-state index in [0.29, 0.717) is 6.04 Å². The lowest BCUT2D eigenvalue weighted by molar-refractivity contribution is 0.391. The Hall–Kier alpha value is -1.62. The number of nitrogens with zero attached hydrogens (tertiary/aromatic N) is 3. The van der Waals surface area contributed by atoms with E-state index in [0.717, 1.165) is 31.0 Å². The van der Waals surface area contributed by atoms with Crippen LogP contribution in [0.4, 0.5) is 0 Å². The first-order valence-electron chi connectivity index (χ1n) is 6.29. The topological polar surface area (TPSA) is 55.9 Å². The first-order chi connectivity index (χ1) is 8.66. The van der Waals surface area contributed by atoms with Crippen molar-refractivity contribution in [3.8, 4) is 0 Å². The fraction of sp³-hybridized carbons (Fsp3) is 0.538. The van der Waals surface area contributed by atoms with Crippen molar-refractivity contribution in [2.75, 3.05) is 0 Å². The lowest BCUT2D eigenvalue weighted by Crippen LogP contribution is -2.27. The van der Waals surface area contributed by atoms with Crippen molar-refractivity contribution in [2.45, 2.75) is 46.3 Å². The lowest BCUT2D eigenvalue weighted by atomic mass is 10.1. The van der Waals surface area contributed by atoms with Crippen molar-refractivity contribution in [3.63, 3.8) is 0 Å². The zero-order chi connectivity index (χ0) is 13.0. The molecule has 0 saturated carbocycles. The third-order valence-electron chi connectivity index (χ3n) is 3.16. The van der Waals surface area contributed by atoms with Gasteiger partial charge in [-0.05, 0) is 33.3 Å². The van der Waals surface area contributed by atoms with E-state index in [-0.39, 0.29) is 0 Å². The van der Waals surface area contributed by atoms with E-state index < -0.39 is 0 Å². The molecule has 1 N–H and O–H groups in total. The highest BCUT2D eigenvalue weighted by Gasteiger charge is 2.10.